The van der Waals surface area contributed by atoms with E-state index < -0.39 is 24.9 Å². The molecule has 2 heterocycles. The van der Waals surface area contributed by atoms with E-state index in [9.17, 15) is 9.59 Å². The number of carbonyl (C=O) groups is 2. The summed E-state index contributed by atoms with van der Waals surface area (Å²) < 4.78 is 14.7. The summed E-state index contributed by atoms with van der Waals surface area (Å²) in [5.74, 6) is -0.0211. The van der Waals surface area contributed by atoms with Crippen LogP contribution in [0.15, 0.2) is 78.9 Å². The number of hydrogen-bond acceptors (Lipinski definition) is 3. The zero-order chi connectivity index (χ0) is 33.2. The minimum absolute atomic E-state index is 0.00202. The second kappa shape index (κ2) is 17.2. The number of hydrogen-bond donors (Lipinski definition) is 1. The van der Waals surface area contributed by atoms with Gasteiger partial charge in [-0.05, 0) is 0 Å². The molecule has 0 fully saturated rings. The molecule has 0 radical (unpaired) electrons. The van der Waals surface area contributed by atoms with Crippen molar-refractivity contribution in [1.29, 1.82) is 0 Å². The SMILES string of the molecule is CCC[CH2][Sn]([CH2]CCC)([CH2]CCC)[O]C(C(=O)NCC[Se]c1ccccc1)c1c2n(c3ccccc13)CN(C(C)=O)c1ccccc1-2. The predicted octanol–water partition coefficient (Wildman–Crippen LogP) is 8.60. The zero-order valence-electron chi connectivity index (χ0n) is 28.6. The first kappa shape index (κ1) is 35.7. The molecular weight excluding hydrogens is 756 g/mol. The molecule has 250 valence electrons. The zero-order valence-corrected chi connectivity index (χ0v) is 33.2. The van der Waals surface area contributed by atoms with E-state index in [4.69, 9.17) is 3.07 Å². The number of anilines is 1. The van der Waals surface area contributed by atoms with Gasteiger partial charge in [-0.25, -0.2) is 0 Å². The van der Waals surface area contributed by atoms with Crippen molar-refractivity contribution in [1.82, 2.24) is 9.88 Å². The van der Waals surface area contributed by atoms with Crippen LogP contribution in [0, 0.1) is 0 Å². The number of rotatable bonds is 17. The molecule has 4 aromatic rings. The van der Waals surface area contributed by atoms with Crippen molar-refractivity contribution < 1.29 is 12.7 Å². The maximum absolute atomic E-state index is 14.7. The van der Waals surface area contributed by atoms with Gasteiger partial charge < -0.3 is 0 Å². The van der Waals surface area contributed by atoms with E-state index in [1.54, 1.807) is 6.92 Å². The van der Waals surface area contributed by atoms with E-state index >= 15 is 0 Å². The van der Waals surface area contributed by atoms with Gasteiger partial charge in [-0.15, -0.1) is 0 Å². The van der Waals surface area contributed by atoms with Crippen molar-refractivity contribution in [3.05, 3.63) is 84.4 Å². The van der Waals surface area contributed by atoms with Crippen LogP contribution in [-0.2, 0) is 19.3 Å². The fourth-order valence-electron chi connectivity index (χ4n) is 6.92. The van der Waals surface area contributed by atoms with Crippen molar-refractivity contribution in [3.8, 4) is 11.3 Å². The van der Waals surface area contributed by atoms with Gasteiger partial charge in [0.2, 0.25) is 0 Å². The Morgan fingerprint density at radius 2 is 1.47 bits per heavy atom. The van der Waals surface area contributed by atoms with Crippen molar-refractivity contribution in [2.75, 3.05) is 11.4 Å². The number of carbonyl (C=O) groups excluding carboxylic acids is 2. The van der Waals surface area contributed by atoms with Crippen LogP contribution in [0.25, 0.3) is 22.2 Å². The molecule has 5 rings (SSSR count). The van der Waals surface area contributed by atoms with Crippen molar-refractivity contribution in [3.63, 3.8) is 0 Å². The van der Waals surface area contributed by atoms with Crippen LogP contribution in [0.2, 0.25) is 18.6 Å². The normalized spacial score (nSPS) is 13.3. The van der Waals surface area contributed by atoms with Crippen LogP contribution in [0.5, 0.6) is 0 Å². The Morgan fingerprint density at radius 1 is 0.851 bits per heavy atom. The molecule has 8 heteroatoms. The van der Waals surface area contributed by atoms with E-state index in [1.807, 2.05) is 35.2 Å². The number of para-hydroxylation sites is 2. The molecule has 3 aromatic carbocycles. The van der Waals surface area contributed by atoms with Gasteiger partial charge in [0, 0.05) is 0 Å². The molecule has 6 nitrogen and oxygen atoms in total. The topological polar surface area (TPSA) is 63.6 Å². The predicted molar refractivity (Wildman–Crippen MR) is 199 cm³/mol. The molecule has 1 unspecified atom stereocenters. The Bertz CT molecular complexity index is 1620. The monoisotopic (exact) mass is 809 g/mol. The van der Waals surface area contributed by atoms with Gasteiger partial charge in [-0.1, -0.05) is 0 Å². The number of nitrogens with one attached hydrogen (secondary N) is 1. The Kier molecular flexibility index (Phi) is 13.1. The van der Waals surface area contributed by atoms with Crippen molar-refractivity contribution in [2.24, 2.45) is 0 Å². The number of unbranched alkanes of at least 4 members (excludes halogenated alkanes) is 3. The summed E-state index contributed by atoms with van der Waals surface area (Å²) in [6.07, 6.45) is 6.18. The third-order valence-electron chi connectivity index (χ3n) is 9.36. The number of fused-ring (bicyclic) bond motifs is 5. The Labute approximate surface area is 292 Å². The molecule has 1 aliphatic heterocycles. The molecule has 0 bridgehead atoms. The van der Waals surface area contributed by atoms with Crippen molar-refractivity contribution in [2.45, 2.75) is 97.6 Å². The van der Waals surface area contributed by atoms with Gasteiger partial charge in [-0.3, -0.25) is 0 Å². The first-order chi connectivity index (χ1) is 22.9. The number of aromatic nitrogens is 1. The van der Waals surface area contributed by atoms with Crippen LogP contribution < -0.4 is 14.7 Å². The quantitative estimate of drug-likeness (QED) is 0.0860. The second-order valence-corrected chi connectivity index (χ2v) is 26.9. The van der Waals surface area contributed by atoms with Gasteiger partial charge in [-0.2, -0.15) is 0 Å². The van der Waals surface area contributed by atoms with E-state index in [0.29, 0.717) is 13.2 Å². The van der Waals surface area contributed by atoms with E-state index in [0.717, 1.165) is 90.6 Å². The van der Waals surface area contributed by atoms with Crippen LogP contribution in [0.1, 0.15) is 77.9 Å². The van der Waals surface area contributed by atoms with Gasteiger partial charge in [0.15, 0.2) is 0 Å². The third kappa shape index (κ3) is 8.35. The average Bonchev–Trinajstić information content (AvgIpc) is 3.43. The summed E-state index contributed by atoms with van der Waals surface area (Å²) in [5, 5.41) is 5.33. The molecule has 0 saturated carbocycles. The minimum atomic E-state index is -3.32. The molecule has 1 N–H and O–H groups in total. The van der Waals surface area contributed by atoms with Crippen LogP contribution in [0.4, 0.5) is 5.69 Å². The van der Waals surface area contributed by atoms with Crippen LogP contribution >= 0.6 is 0 Å². The summed E-state index contributed by atoms with van der Waals surface area (Å²) >= 11 is -3.03. The number of benzene rings is 3. The molecule has 1 atom stereocenters. The summed E-state index contributed by atoms with van der Waals surface area (Å²) in [7, 11) is 0. The van der Waals surface area contributed by atoms with E-state index in [2.05, 4.69) is 79.2 Å². The van der Waals surface area contributed by atoms with E-state index in [-0.39, 0.29) is 26.8 Å². The van der Waals surface area contributed by atoms with Gasteiger partial charge in [0.1, 0.15) is 0 Å². The second-order valence-electron chi connectivity index (χ2n) is 12.8. The maximum atomic E-state index is 14.7. The van der Waals surface area contributed by atoms with Crippen molar-refractivity contribution >= 4 is 66.6 Å². The first-order valence-electron chi connectivity index (χ1n) is 17.5. The Hall–Kier alpha value is -2.58. The third-order valence-corrected chi connectivity index (χ3v) is 24.4. The number of amides is 2. The van der Waals surface area contributed by atoms with Gasteiger partial charge in [0.05, 0.1) is 0 Å². The Balaban J connectivity index is 1.62. The summed E-state index contributed by atoms with van der Waals surface area (Å²) in [6.45, 7) is 9.46. The van der Waals surface area contributed by atoms with Gasteiger partial charge >= 0.3 is 294 Å². The number of nitrogens with zero attached hydrogens (tertiary/aromatic N) is 2. The Morgan fingerprint density at radius 3 is 2.13 bits per heavy atom. The average molecular weight is 808 g/mol. The molecule has 0 spiro atoms. The molecule has 1 aromatic heterocycles. The standard InChI is InChI=1S/C27H24N3O3Se.3C4H9.Sn/c1-18(31)29-17-30-22-13-7-5-11-20(22)24(25(30)21-12-6-8-14-23(21)29)26(32)27(33)28-15-16-34-19-9-3-2-4-10-19;3*1-3-4-2;/h2-14,26H,15-17H2,1H3,(H,28,33);3*1,3-4H2,2H3;/q-1;;;;+1. The molecular formula is C39H51N3O3SeSn. The summed E-state index contributed by atoms with van der Waals surface area (Å²) in [6, 6.07) is 27.1. The first-order valence-corrected chi connectivity index (χ1v) is 26.8. The van der Waals surface area contributed by atoms with Crippen LogP contribution in [0.3, 0.4) is 0 Å². The van der Waals surface area contributed by atoms with Gasteiger partial charge in [0.25, 0.3) is 0 Å². The summed E-state index contributed by atoms with van der Waals surface area (Å²) in [4.78, 5) is 29.5. The summed E-state index contributed by atoms with van der Waals surface area (Å²) in [5.41, 5.74) is 4.87. The molecule has 47 heavy (non-hydrogen) atoms. The molecule has 0 saturated heterocycles. The van der Waals surface area contributed by atoms with Crippen LogP contribution in [-0.4, -0.2) is 56.7 Å². The fourth-order valence-corrected chi connectivity index (χ4v) is 22.3. The fraction of sp³-hybridized carbons (Fsp3) is 0.436. The molecule has 1 aliphatic rings. The molecule has 0 aliphatic carbocycles. The van der Waals surface area contributed by atoms with E-state index in [1.165, 1.54) is 4.46 Å². The molecule has 2 amide bonds.